The number of hydrogen-bond donors (Lipinski definition) is 0. The van der Waals surface area contributed by atoms with E-state index in [2.05, 4.69) is 46.2 Å². The van der Waals surface area contributed by atoms with Crippen molar-refractivity contribution in [2.24, 2.45) is 0 Å². The van der Waals surface area contributed by atoms with Crippen molar-refractivity contribution in [1.29, 1.82) is 0 Å². The normalized spacial score (nSPS) is 22.2. The van der Waals surface area contributed by atoms with Gasteiger partial charge in [0.05, 0.1) is 7.11 Å². The molecule has 0 bridgehead atoms. The van der Waals surface area contributed by atoms with E-state index in [4.69, 9.17) is 9.47 Å². The molecule has 0 N–H and O–H groups in total. The fourth-order valence-electron chi connectivity index (χ4n) is 5.07. The third-order valence-corrected chi connectivity index (χ3v) is 6.57. The minimum absolute atomic E-state index is 0.658. The number of benzene rings is 2. The third-order valence-electron chi connectivity index (χ3n) is 6.57. The summed E-state index contributed by atoms with van der Waals surface area (Å²) in [5, 5.41) is 0. The highest BCUT2D eigenvalue weighted by atomic mass is 16.5. The van der Waals surface area contributed by atoms with Crippen molar-refractivity contribution in [3.05, 3.63) is 64.7 Å². The van der Waals surface area contributed by atoms with E-state index >= 15 is 0 Å². The summed E-state index contributed by atoms with van der Waals surface area (Å²) in [6, 6.07) is 15.7. The average Bonchev–Trinajstić information content (AvgIpc) is 2.78. The van der Waals surface area contributed by atoms with E-state index in [-0.39, 0.29) is 0 Å². The number of methoxy groups -OCH3 is 1. The van der Waals surface area contributed by atoms with Crippen molar-refractivity contribution in [3.8, 4) is 11.5 Å². The van der Waals surface area contributed by atoms with E-state index in [1.165, 1.54) is 49.1 Å². The second kappa shape index (κ2) is 8.21. The van der Waals surface area contributed by atoms with Crippen molar-refractivity contribution in [2.75, 3.05) is 39.9 Å². The lowest BCUT2D eigenvalue weighted by molar-refractivity contribution is 0.0913. The highest BCUT2D eigenvalue weighted by Gasteiger charge is 2.28. The van der Waals surface area contributed by atoms with Crippen molar-refractivity contribution in [3.63, 3.8) is 0 Å². The Labute approximate surface area is 173 Å². The van der Waals surface area contributed by atoms with Crippen LogP contribution in [0.25, 0.3) is 6.08 Å². The molecule has 1 atom stereocenters. The Morgan fingerprint density at radius 3 is 2.86 bits per heavy atom. The summed E-state index contributed by atoms with van der Waals surface area (Å²) in [5.41, 5.74) is 5.54. The van der Waals surface area contributed by atoms with Gasteiger partial charge in [-0.2, -0.15) is 0 Å². The van der Waals surface area contributed by atoms with Crippen LogP contribution in [0.5, 0.6) is 11.5 Å². The van der Waals surface area contributed by atoms with E-state index in [1.807, 2.05) is 12.1 Å². The molecule has 0 spiro atoms. The molecule has 3 aliphatic rings. The monoisotopic (exact) mass is 390 g/mol. The third kappa shape index (κ3) is 3.92. The lowest BCUT2D eigenvalue weighted by Crippen LogP contribution is -2.49. The zero-order valence-corrected chi connectivity index (χ0v) is 17.3. The zero-order chi connectivity index (χ0) is 19.6. The first-order valence-electron chi connectivity index (χ1n) is 10.8. The molecule has 0 saturated carbocycles. The molecule has 29 heavy (non-hydrogen) atoms. The molecule has 0 aromatic heterocycles. The van der Waals surface area contributed by atoms with Gasteiger partial charge in [-0.1, -0.05) is 36.4 Å². The van der Waals surface area contributed by atoms with Crippen LogP contribution in [0.3, 0.4) is 0 Å². The molecule has 0 amide bonds. The van der Waals surface area contributed by atoms with Crippen LogP contribution in [-0.4, -0.2) is 55.7 Å². The predicted octanol–water partition coefficient (Wildman–Crippen LogP) is 3.99. The number of hydrogen-bond acceptors (Lipinski definition) is 4. The number of nitrogens with zero attached hydrogens (tertiary/aromatic N) is 2. The van der Waals surface area contributed by atoms with E-state index in [0.717, 1.165) is 36.7 Å². The van der Waals surface area contributed by atoms with Gasteiger partial charge in [0, 0.05) is 37.8 Å². The number of fused-ring (bicyclic) bond motifs is 2. The molecule has 3 aliphatic heterocycles. The van der Waals surface area contributed by atoms with Gasteiger partial charge < -0.3 is 9.47 Å². The summed E-state index contributed by atoms with van der Waals surface area (Å²) in [4.78, 5) is 5.33. The van der Waals surface area contributed by atoms with Gasteiger partial charge in [-0.05, 0) is 54.6 Å². The average molecular weight is 391 g/mol. The lowest BCUT2D eigenvalue weighted by atomic mass is 9.95. The van der Waals surface area contributed by atoms with Crippen LogP contribution in [0, 0.1) is 0 Å². The standard InChI is InChI=1S/C25H30N2O2/c1-28-24-10-4-8-21-14-19(18-29-25(21)24)15-26-12-5-9-23(17-26)27-13-11-20-6-2-3-7-22(20)16-27/h2-4,6-8,10,14,23H,5,9,11-13,15-18H2,1H3. The molecule has 1 fully saturated rings. The molecule has 4 nitrogen and oxygen atoms in total. The van der Waals surface area contributed by atoms with E-state index < -0.39 is 0 Å². The summed E-state index contributed by atoms with van der Waals surface area (Å²) in [6.07, 6.45) is 6.07. The Balaban J connectivity index is 1.24. The SMILES string of the molecule is COc1cccc2c1OCC(CN1CCCC(N3CCc4ccccc4C3)C1)=C2. The first kappa shape index (κ1) is 18.7. The van der Waals surface area contributed by atoms with Gasteiger partial charge >= 0.3 is 0 Å². The molecule has 1 unspecified atom stereocenters. The molecular weight excluding hydrogens is 360 g/mol. The highest BCUT2D eigenvalue weighted by Crippen LogP contribution is 2.35. The number of likely N-dealkylation sites (tertiary alicyclic amines) is 1. The molecule has 5 rings (SSSR count). The quantitative estimate of drug-likeness (QED) is 0.788. The number of piperidine rings is 1. The maximum Gasteiger partial charge on any atom is 0.168 e. The molecule has 2 aromatic carbocycles. The summed E-state index contributed by atoms with van der Waals surface area (Å²) < 4.78 is 11.5. The second-order valence-electron chi connectivity index (χ2n) is 8.49. The Hall–Kier alpha value is -2.30. The Kier molecular flexibility index (Phi) is 5.30. The lowest BCUT2D eigenvalue weighted by Gasteiger charge is -2.41. The van der Waals surface area contributed by atoms with E-state index in [1.54, 1.807) is 7.11 Å². The van der Waals surface area contributed by atoms with Crippen LogP contribution in [0.15, 0.2) is 48.0 Å². The van der Waals surface area contributed by atoms with Gasteiger partial charge in [-0.3, -0.25) is 9.80 Å². The number of ether oxygens (including phenoxy) is 2. The number of para-hydroxylation sites is 1. The first-order chi connectivity index (χ1) is 14.3. The Morgan fingerprint density at radius 2 is 1.97 bits per heavy atom. The molecule has 4 heteroatoms. The summed E-state index contributed by atoms with van der Waals surface area (Å²) in [6.45, 7) is 6.29. The van der Waals surface area contributed by atoms with Crippen LogP contribution in [0.4, 0.5) is 0 Å². The van der Waals surface area contributed by atoms with Crippen molar-refractivity contribution in [1.82, 2.24) is 9.80 Å². The summed E-state index contributed by atoms with van der Waals surface area (Å²) in [5.74, 6) is 1.70. The van der Waals surface area contributed by atoms with Gasteiger partial charge in [-0.15, -0.1) is 0 Å². The van der Waals surface area contributed by atoms with Crippen LogP contribution < -0.4 is 9.47 Å². The van der Waals surface area contributed by atoms with Crippen molar-refractivity contribution in [2.45, 2.75) is 31.8 Å². The first-order valence-corrected chi connectivity index (χ1v) is 10.8. The fraction of sp³-hybridized carbons (Fsp3) is 0.440. The van der Waals surface area contributed by atoms with E-state index in [0.29, 0.717) is 12.6 Å². The second-order valence-corrected chi connectivity index (χ2v) is 8.49. The van der Waals surface area contributed by atoms with E-state index in [9.17, 15) is 0 Å². The largest absolute Gasteiger partial charge is 0.493 e. The van der Waals surface area contributed by atoms with Gasteiger partial charge in [0.2, 0.25) is 0 Å². The highest BCUT2D eigenvalue weighted by molar-refractivity contribution is 5.66. The molecule has 2 aromatic rings. The van der Waals surface area contributed by atoms with Gasteiger partial charge in [-0.25, -0.2) is 0 Å². The van der Waals surface area contributed by atoms with Gasteiger partial charge in [0.25, 0.3) is 0 Å². The molecule has 0 radical (unpaired) electrons. The molecule has 0 aliphatic carbocycles. The fourth-order valence-corrected chi connectivity index (χ4v) is 5.07. The minimum atomic E-state index is 0.658. The van der Waals surface area contributed by atoms with Crippen molar-refractivity contribution < 1.29 is 9.47 Å². The smallest absolute Gasteiger partial charge is 0.168 e. The molecular formula is C25H30N2O2. The van der Waals surface area contributed by atoms with Crippen LogP contribution in [-0.2, 0) is 13.0 Å². The maximum absolute atomic E-state index is 6.05. The Bertz CT molecular complexity index is 907. The Morgan fingerprint density at radius 1 is 1.07 bits per heavy atom. The van der Waals surface area contributed by atoms with Crippen LogP contribution in [0.1, 0.15) is 29.5 Å². The molecule has 152 valence electrons. The zero-order valence-electron chi connectivity index (χ0n) is 17.3. The van der Waals surface area contributed by atoms with Crippen LogP contribution in [0.2, 0.25) is 0 Å². The summed E-state index contributed by atoms with van der Waals surface area (Å²) in [7, 11) is 1.70. The van der Waals surface area contributed by atoms with Gasteiger partial charge in [0.15, 0.2) is 11.5 Å². The number of rotatable bonds is 4. The topological polar surface area (TPSA) is 24.9 Å². The predicted molar refractivity (Wildman–Crippen MR) is 116 cm³/mol. The molecule has 3 heterocycles. The minimum Gasteiger partial charge on any atom is -0.493 e. The molecule has 1 saturated heterocycles. The van der Waals surface area contributed by atoms with Crippen LogP contribution >= 0.6 is 0 Å². The van der Waals surface area contributed by atoms with Gasteiger partial charge in [0.1, 0.15) is 6.61 Å². The summed E-state index contributed by atoms with van der Waals surface area (Å²) >= 11 is 0. The van der Waals surface area contributed by atoms with Crippen molar-refractivity contribution >= 4 is 6.08 Å². The maximum atomic E-state index is 6.05.